The number of likely N-dealkylation sites (tertiary alicyclic amines) is 1. The third-order valence-corrected chi connectivity index (χ3v) is 11.3. The Labute approximate surface area is 281 Å². The molecule has 5 amide bonds. The lowest BCUT2D eigenvalue weighted by atomic mass is 9.63. The van der Waals surface area contributed by atoms with Crippen molar-refractivity contribution in [1.29, 1.82) is 0 Å². The molecule has 2 aliphatic heterocycles. The van der Waals surface area contributed by atoms with Gasteiger partial charge in [0.15, 0.2) is 0 Å². The van der Waals surface area contributed by atoms with E-state index in [1.54, 1.807) is 6.92 Å². The van der Waals surface area contributed by atoms with Crippen LogP contribution in [0.15, 0.2) is 30.7 Å². The number of ketones is 1. The molecule has 4 fully saturated rings. The molecule has 0 radical (unpaired) electrons. The van der Waals surface area contributed by atoms with Gasteiger partial charge in [0, 0.05) is 36.3 Å². The van der Waals surface area contributed by atoms with Gasteiger partial charge in [-0.25, -0.2) is 4.98 Å². The van der Waals surface area contributed by atoms with E-state index in [9.17, 15) is 28.8 Å². The number of hydrogen-bond acceptors (Lipinski definition) is 8. The Balaban J connectivity index is 1.36. The van der Waals surface area contributed by atoms with Crippen molar-refractivity contribution in [2.45, 2.75) is 116 Å². The fourth-order valence-electron chi connectivity index (χ4n) is 8.61. The minimum absolute atomic E-state index is 0.0411. The summed E-state index contributed by atoms with van der Waals surface area (Å²) in [5, 5.41) is 11.3. The summed E-state index contributed by atoms with van der Waals surface area (Å²) >= 11 is 0. The average Bonchev–Trinajstić information content (AvgIpc) is 3.67. The van der Waals surface area contributed by atoms with Crippen LogP contribution in [0.5, 0.6) is 0 Å². The number of nitrogens with zero attached hydrogens (tertiary/aromatic N) is 3. The first kappa shape index (κ1) is 35.2. The Hall–Kier alpha value is -4.16. The summed E-state index contributed by atoms with van der Waals surface area (Å²) in [7, 11) is 0. The summed E-state index contributed by atoms with van der Waals surface area (Å²) in [6.07, 6.45) is 11.1. The molecule has 13 nitrogen and oxygen atoms in total. The number of hydrogen-bond donors (Lipinski definition) is 4. The smallest absolute Gasteiger partial charge is 0.289 e. The van der Waals surface area contributed by atoms with E-state index < -0.39 is 64.9 Å². The molecule has 3 heterocycles. The highest BCUT2D eigenvalue weighted by atomic mass is 16.2. The topological polar surface area (TPSA) is 180 Å². The standard InChI is InChI=1S/C35H49N7O6/c1-6-20(5)38-33(47)28(43)29-35(7-2)14-13-22-18-42(27(24(22)35)32(46)41-29)34(48)25(19(3)4)39-31(45)26(21-11-9-8-10-12-21)40-30(44)23-17-36-15-16-37-23/h15-17,20-22,24-27,29H,3,6-14,18H2,1-2,4-5H3,(H,38,47)(H,39,45)(H,40,44)(H,41,46)/t20-,22-,24-,25?,26-,27-,29+,35?/m0/s1. The van der Waals surface area contributed by atoms with Gasteiger partial charge in [-0.2, -0.15) is 0 Å². The van der Waals surface area contributed by atoms with Gasteiger partial charge in [-0.15, -0.1) is 0 Å². The fourth-order valence-corrected chi connectivity index (χ4v) is 8.61. The molecule has 4 N–H and O–H groups in total. The molecule has 13 heteroatoms. The quantitative estimate of drug-likeness (QED) is 0.193. The lowest BCUT2D eigenvalue weighted by molar-refractivity contribution is -0.152. The Kier molecular flexibility index (Phi) is 10.6. The van der Waals surface area contributed by atoms with Crippen LogP contribution in [-0.2, 0) is 24.0 Å². The van der Waals surface area contributed by atoms with Crippen LogP contribution in [0, 0.1) is 23.2 Å². The van der Waals surface area contributed by atoms with Crippen molar-refractivity contribution in [2.75, 3.05) is 6.54 Å². The van der Waals surface area contributed by atoms with Gasteiger partial charge in [0.2, 0.25) is 23.5 Å². The zero-order valence-electron chi connectivity index (χ0n) is 28.4. The molecule has 2 aliphatic carbocycles. The van der Waals surface area contributed by atoms with Crippen molar-refractivity contribution in [3.8, 4) is 0 Å². The lowest BCUT2D eigenvalue weighted by Crippen LogP contribution is -2.68. The normalized spacial score (nSPS) is 28.3. The van der Waals surface area contributed by atoms with E-state index in [2.05, 4.69) is 37.8 Å². The molecule has 1 aromatic rings. The first-order chi connectivity index (χ1) is 22.9. The van der Waals surface area contributed by atoms with Crippen LogP contribution in [-0.4, -0.2) is 86.9 Å². The largest absolute Gasteiger partial charge is 0.347 e. The van der Waals surface area contributed by atoms with Crippen molar-refractivity contribution in [2.24, 2.45) is 23.2 Å². The van der Waals surface area contributed by atoms with Crippen LogP contribution in [0.1, 0.15) is 96.0 Å². The summed E-state index contributed by atoms with van der Waals surface area (Å²) in [5.74, 6) is -3.82. The van der Waals surface area contributed by atoms with Crippen molar-refractivity contribution in [1.82, 2.24) is 36.1 Å². The zero-order valence-corrected chi connectivity index (χ0v) is 28.4. The number of aromatic nitrogens is 2. The van der Waals surface area contributed by atoms with Gasteiger partial charge >= 0.3 is 0 Å². The molecule has 0 spiro atoms. The zero-order chi connectivity index (χ0) is 34.7. The predicted octanol–water partition coefficient (Wildman–Crippen LogP) is 1.83. The molecule has 1 aromatic heterocycles. The van der Waals surface area contributed by atoms with E-state index in [1.165, 1.54) is 23.5 Å². The summed E-state index contributed by atoms with van der Waals surface area (Å²) in [6, 6.07) is -4.07. The summed E-state index contributed by atoms with van der Waals surface area (Å²) in [5.41, 5.74) is -0.208. The molecule has 8 atom stereocenters. The van der Waals surface area contributed by atoms with Gasteiger partial charge in [0.25, 0.3) is 11.8 Å². The van der Waals surface area contributed by atoms with Crippen LogP contribution in [0.3, 0.4) is 0 Å². The van der Waals surface area contributed by atoms with Crippen molar-refractivity contribution in [3.63, 3.8) is 0 Å². The molecule has 4 aliphatic rings. The van der Waals surface area contributed by atoms with Gasteiger partial charge in [0.1, 0.15) is 29.9 Å². The second kappa shape index (κ2) is 14.5. The highest BCUT2D eigenvalue weighted by Crippen LogP contribution is 2.59. The maximum atomic E-state index is 14.3. The molecule has 48 heavy (non-hydrogen) atoms. The fraction of sp³-hybridized carbons (Fsp3) is 0.657. The summed E-state index contributed by atoms with van der Waals surface area (Å²) < 4.78 is 0. The van der Waals surface area contributed by atoms with Gasteiger partial charge in [-0.3, -0.25) is 33.8 Å². The predicted molar refractivity (Wildman–Crippen MR) is 176 cm³/mol. The number of carbonyl (C=O) groups is 6. The van der Waals surface area contributed by atoms with Gasteiger partial charge in [-0.05, 0) is 69.8 Å². The third-order valence-electron chi connectivity index (χ3n) is 11.3. The monoisotopic (exact) mass is 663 g/mol. The second-order valence-corrected chi connectivity index (χ2v) is 14.2. The number of carbonyl (C=O) groups excluding carboxylic acids is 6. The molecule has 2 saturated heterocycles. The summed E-state index contributed by atoms with van der Waals surface area (Å²) in [6.45, 7) is 11.6. The van der Waals surface area contributed by atoms with Crippen molar-refractivity contribution >= 4 is 35.3 Å². The van der Waals surface area contributed by atoms with Crippen molar-refractivity contribution < 1.29 is 28.8 Å². The van der Waals surface area contributed by atoms with E-state index in [1.807, 2.05) is 20.8 Å². The number of nitrogens with one attached hydrogen (secondary N) is 4. The van der Waals surface area contributed by atoms with Crippen LogP contribution in [0.25, 0.3) is 0 Å². The first-order valence-electron chi connectivity index (χ1n) is 17.4. The van der Waals surface area contributed by atoms with Gasteiger partial charge < -0.3 is 26.2 Å². The number of rotatable bonds is 12. The number of piperidine rings is 1. The maximum Gasteiger partial charge on any atom is 0.289 e. The Morgan fingerprint density at radius 3 is 2.42 bits per heavy atom. The van der Waals surface area contributed by atoms with E-state index in [4.69, 9.17) is 0 Å². The maximum absolute atomic E-state index is 14.3. The molecule has 260 valence electrons. The van der Waals surface area contributed by atoms with Crippen molar-refractivity contribution in [3.05, 3.63) is 36.4 Å². The Morgan fingerprint density at radius 2 is 1.79 bits per heavy atom. The highest BCUT2D eigenvalue weighted by molar-refractivity contribution is 6.39. The molecule has 5 rings (SSSR count). The molecular weight excluding hydrogens is 614 g/mol. The van der Waals surface area contributed by atoms with Crippen LogP contribution >= 0.6 is 0 Å². The average molecular weight is 664 g/mol. The summed E-state index contributed by atoms with van der Waals surface area (Å²) in [4.78, 5) is 91.2. The highest BCUT2D eigenvalue weighted by Gasteiger charge is 2.67. The SMILES string of the molecule is C=C(C)C(NC(=O)[C@@H](NC(=O)c1cnccn1)C1CCCCC1)C(=O)N1C[C@@H]2CCC3(CC)[C@@H]2[C@H]1C(=O)N[C@@H]3C(=O)C(=O)N[C@@H](C)CC. The number of Topliss-reactive ketones (excluding diaryl/α,β-unsaturated/α-hetero) is 1. The molecule has 2 saturated carbocycles. The minimum atomic E-state index is -1.14. The molecule has 2 unspecified atom stereocenters. The molecule has 0 aromatic carbocycles. The third kappa shape index (κ3) is 6.60. The first-order valence-corrected chi connectivity index (χ1v) is 17.4. The minimum Gasteiger partial charge on any atom is -0.347 e. The van der Waals surface area contributed by atoms with Crippen LogP contribution in [0.2, 0.25) is 0 Å². The number of amides is 5. The Bertz CT molecular complexity index is 1450. The molecule has 0 bridgehead atoms. The molecular formula is C35H49N7O6. The lowest BCUT2D eigenvalue weighted by Gasteiger charge is -2.48. The van der Waals surface area contributed by atoms with E-state index in [0.717, 1.165) is 32.1 Å². The van der Waals surface area contributed by atoms with Crippen LogP contribution in [0.4, 0.5) is 0 Å². The van der Waals surface area contributed by atoms with E-state index in [-0.39, 0.29) is 29.5 Å². The van der Waals surface area contributed by atoms with E-state index in [0.29, 0.717) is 37.8 Å². The van der Waals surface area contributed by atoms with Gasteiger partial charge in [-0.1, -0.05) is 39.7 Å². The van der Waals surface area contributed by atoms with Crippen LogP contribution < -0.4 is 21.3 Å². The van der Waals surface area contributed by atoms with Gasteiger partial charge in [0.05, 0.1) is 6.20 Å². The second-order valence-electron chi connectivity index (χ2n) is 14.2. The van der Waals surface area contributed by atoms with E-state index >= 15 is 0 Å². The Morgan fingerprint density at radius 1 is 1.06 bits per heavy atom.